The van der Waals surface area contributed by atoms with E-state index in [9.17, 15) is 0 Å². The average Bonchev–Trinajstić information content (AvgIpc) is 1.56. The molecule has 0 aromatic carbocycles. The fourth-order valence-corrected chi connectivity index (χ4v) is 11.6. The number of hydrogen-bond acceptors (Lipinski definition) is 24. The lowest BCUT2D eigenvalue weighted by molar-refractivity contribution is 0.780. The minimum Gasteiger partial charge on any atom is -0.383 e. The second-order valence-electron chi connectivity index (χ2n) is 23.9. The monoisotopic (exact) mass is 1310 g/mol. The van der Waals surface area contributed by atoms with E-state index < -0.39 is 0 Å². The Morgan fingerprint density at radius 2 is 0.745 bits per heavy atom. The summed E-state index contributed by atoms with van der Waals surface area (Å²) in [5.41, 5.74) is 52.7. The normalized spacial score (nSPS) is 12.0. The van der Waals surface area contributed by atoms with Gasteiger partial charge in [-0.2, -0.15) is 30.6 Å². The average molecular weight is 1320 g/mol. The fraction of sp³-hybridized carbons (Fsp3) is 0.206. The number of anilines is 6. The summed E-state index contributed by atoms with van der Waals surface area (Å²) < 4.78 is 41.7. The zero-order chi connectivity index (χ0) is 72.9. The van der Waals surface area contributed by atoms with Crippen molar-refractivity contribution in [2.75, 3.05) is 34.4 Å². The topological polar surface area (TPSA) is 418 Å². The molecule has 0 fully saturated rings. The molecular formula is C68H70N30. The minimum absolute atomic E-state index is 0.191. The Bertz CT molecular complexity index is 6080. The molecule has 0 aliphatic heterocycles. The predicted octanol–water partition coefficient (Wildman–Crippen LogP) is 9.06. The van der Waals surface area contributed by atoms with Crippen molar-refractivity contribution in [2.24, 2.45) is 42.3 Å². The van der Waals surface area contributed by atoms with Gasteiger partial charge in [-0.1, -0.05) is 0 Å². The molecule has 18 heterocycles. The molecule has 0 spiro atoms. The summed E-state index contributed by atoms with van der Waals surface area (Å²) in [5.74, 6) is 2.77. The van der Waals surface area contributed by atoms with Crippen molar-refractivity contribution in [3.05, 3.63) is 144 Å². The largest absolute Gasteiger partial charge is 0.383 e. The van der Waals surface area contributed by atoms with E-state index in [1.54, 1.807) is 53.6 Å². The SMILES string of the molecule is Cc1cc2nc(N)c3cn(C)nc3c2c(C)n1.Cc1cc2nc(N)c3cn(C)nc3c2nc1C.[3H]c1c(C)ncc2nc(N)c3cn(C)nc3c12.[3H]c1nc(C)cc2nc(N)c3cn(C)nc3c12.[3H]c1nc2c(cc1C)nc(N)c1cn(C)nc12.[3H]c1ncc2nc(N)c3cn(C)nc3c2c1C. The highest BCUT2D eigenvalue weighted by molar-refractivity contribution is 6.12. The van der Waals surface area contributed by atoms with Crippen molar-refractivity contribution in [3.63, 3.8) is 0 Å². The molecule has 18 rings (SSSR count). The van der Waals surface area contributed by atoms with Crippen molar-refractivity contribution >= 4 is 166 Å². The summed E-state index contributed by atoms with van der Waals surface area (Å²) in [6, 6.07) is 7.93. The highest BCUT2D eigenvalue weighted by Crippen LogP contribution is 2.33. The molecule has 30 nitrogen and oxygen atoms in total. The van der Waals surface area contributed by atoms with Crippen LogP contribution in [0.5, 0.6) is 0 Å². The Kier molecular flexibility index (Phi) is 14.8. The number of fused-ring (bicyclic) bond motifs is 18. The van der Waals surface area contributed by atoms with Gasteiger partial charge < -0.3 is 34.4 Å². The van der Waals surface area contributed by atoms with E-state index in [4.69, 9.17) is 39.9 Å². The lowest BCUT2D eigenvalue weighted by Crippen LogP contribution is -1.96. The van der Waals surface area contributed by atoms with Crippen LogP contribution in [0.25, 0.3) is 131 Å². The minimum atomic E-state index is 0.191. The molecule has 492 valence electrons. The first kappa shape index (κ1) is 58.8. The summed E-state index contributed by atoms with van der Waals surface area (Å²) >= 11 is 0. The maximum atomic E-state index is 8.06. The van der Waals surface area contributed by atoms with E-state index in [1.165, 1.54) is 0 Å². The van der Waals surface area contributed by atoms with Crippen LogP contribution in [0.15, 0.2) is 98.4 Å². The standard InChI is InChI=1S/2C12H13N5.4C11H11N5/c1-6-4-9-10(7(2)14-6)11-8(12(13)15-9)5-17(3)16-11;1-6-4-9-11(14-7(6)2)10-8(12(13)15-9)5-17(3)16-10;1-6-3-13-4-8-9(6)10-7(11(12)14-8)5-16(2)15-10;1-6-3-9-7(4-13-6)10-8(11(12)14-9)5-16(2)15-10;1-6-3-7-9(4-13-6)14-11(12)8-5-16(2)15-10(7)8;1-6-3-8-10(13-4-6)9-7(11(12)14-8)5-16(2)15-9/h2*4-5H,1-3H3,(H2,13,15);4*3-5H,1-2H3,(H2,12,14)/i;;3T;4T;3T;4T. The first-order chi connectivity index (χ1) is 48.4. The molecule has 18 aromatic rings. The maximum Gasteiger partial charge on any atom is 0.135 e. The van der Waals surface area contributed by atoms with Crippen LogP contribution >= 0.6 is 0 Å². The zero-order valence-electron chi connectivity index (χ0n) is 60.1. The molecule has 18 aromatic heterocycles. The van der Waals surface area contributed by atoms with Crippen molar-refractivity contribution in [3.8, 4) is 0 Å². The van der Waals surface area contributed by atoms with Gasteiger partial charge in [0.15, 0.2) is 0 Å². The Morgan fingerprint density at radius 3 is 1.32 bits per heavy atom. The van der Waals surface area contributed by atoms with E-state index in [2.05, 4.69) is 90.4 Å². The van der Waals surface area contributed by atoms with E-state index >= 15 is 0 Å². The molecule has 0 bridgehead atoms. The van der Waals surface area contributed by atoms with Gasteiger partial charge in [-0.3, -0.25) is 53.0 Å². The quantitative estimate of drug-likeness (QED) is 0.0824. The Balaban J connectivity index is 0.000000109. The number of nitrogens with zero attached hydrogens (tertiary/aromatic N) is 24. The molecule has 0 saturated carbocycles. The van der Waals surface area contributed by atoms with E-state index in [1.807, 2.05) is 146 Å². The van der Waals surface area contributed by atoms with Gasteiger partial charge in [-0.15, -0.1) is 0 Å². The number of nitrogen functional groups attached to an aromatic ring is 6. The van der Waals surface area contributed by atoms with Gasteiger partial charge in [0, 0.05) is 148 Å². The number of rotatable bonds is 0. The molecule has 0 radical (unpaired) electrons. The van der Waals surface area contributed by atoms with Crippen LogP contribution < -0.4 is 34.4 Å². The second-order valence-corrected chi connectivity index (χ2v) is 23.9. The van der Waals surface area contributed by atoms with Crippen LogP contribution in [-0.2, 0) is 42.3 Å². The summed E-state index contributed by atoms with van der Waals surface area (Å²) in [6.07, 6.45) is 14.9. The van der Waals surface area contributed by atoms with Crippen LogP contribution in [0, 0.1) is 55.4 Å². The third-order valence-corrected chi connectivity index (χ3v) is 16.1. The van der Waals surface area contributed by atoms with E-state index in [-0.39, 0.29) is 18.5 Å². The van der Waals surface area contributed by atoms with Gasteiger partial charge in [0.05, 0.1) is 83.3 Å². The highest BCUT2D eigenvalue weighted by atomic mass is 15.3. The number of aromatic nitrogens is 24. The molecular weight excluding hydrogens is 1240 g/mol. The first-order valence-electron chi connectivity index (χ1n) is 32.6. The predicted molar refractivity (Wildman–Crippen MR) is 387 cm³/mol. The van der Waals surface area contributed by atoms with E-state index in [0.717, 1.165) is 116 Å². The third-order valence-electron chi connectivity index (χ3n) is 16.1. The van der Waals surface area contributed by atoms with Gasteiger partial charge in [-0.05, 0) is 102 Å². The van der Waals surface area contributed by atoms with Gasteiger partial charge in [0.1, 0.15) is 79.0 Å². The molecule has 0 unspecified atom stereocenters. The molecule has 0 amide bonds. The van der Waals surface area contributed by atoms with Crippen molar-refractivity contribution in [1.29, 1.82) is 0 Å². The summed E-state index contributed by atoms with van der Waals surface area (Å²) in [5, 5.41) is 34.3. The highest BCUT2D eigenvalue weighted by Gasteiger charge is 2.18. The first-order valence-corrected chi connectivity index (χ1v) is 30.6. The summed E-state index contributed by atoms with van der Waals surface area (Å²) in [7, 11) is 11.0. The van der Waals surface area contributed by atoms with Crippen LogP contribution in [0.3, 0.4) is 0 Å². The number of nitrogens with two attached hydrogens (primary N) is 6. The Labute approximate surface area is 563 Å². The van der Waals surface area contributed by atoms with Crippen molar-refractivity contribution in [1.82, 2.24) is 118 Å². The Morgan fingerprint density at radius 1 is 0.306 bits per heavy atom. The number of pyridine rings is 12. The molecule has 0 saturated heterocycles. The van der Waals surface area contributed by atoms with Gasteiger partial charge in [0.25, 0.3) is 0 Å². The summed E-state index contributed by atoms with van der Waals surface area (Å²) in [4.78, 5) is 51.4. The smallest absolute Gasteiger partial charge is 0.135 e. The van der Waals surface area contributed by atoms with Crippen molar-refractivity contribution < 1.29 is 5.48 Å². The molecule has 0 atom stereocenters. The van der Waals surface area contributed by atoms with Crippen LogP contribution in [-0.4, -0.2) is 118 Å². The van der Waals surface area contributed by atoms with Gasteiger partial charge in [-0.25, -0.2) is 34.9 Å². The number of aryl methyl sites for hydroxylation is 14. The third kappa shape index (κ3) is 12.0. The van der Waals surface area contributed by atoms with Gasteiger partial charge >= 0.3 is 0 Å². The molecule has 98 heavy (non-hydrogen) atoms. The maximum absolute atomic E-state index is 8.06. The molecule has 30 heteroatoms. The summed E-state index contributed by atoms with van der Waals surface area (Å²) in [6.45, 7) is 15.2. The van der Waals surface area contributed by atoms with Crippen LogP contribution in [0.2, 0.25) is 0 Å². The lowest BCUT2D eigenvalue weighted by Gasteiger charge is -2.05. The molecule has 0 aliphatic carbocycles. The van der Waals surface area contributed by atoms with E-state index in [0.29, 0.717) is 102 Å². The van der Waals surface area contributed by atoms with Crippen LogP contribution in [0.4, 0.5) is 34.9 Å². The molecule has 0 aliphatic rings. The van der Waals surface area contributed by atoms with Crippen LogP contribution in [0.1, 0.15) is 50.6 Å². The Hall–Kier alpha value is -13.0. The molecule has 12 N–H and O–H groups in total. The zero-order valence-corrected chi connectivity index (χ0v) is 56.1. The lowest BCUT2D eigenvalue weighted by atomic mass is 10.1. The fourth-order valence-electron chi connectivity index (χ4n) is 11.6. The number of hydrogen-bond donors (Lipinski definition) is 6. The van der Waals surface area contributed by atoms with Crippen molar-refractivity contribution in [2.45, 2.75) is 55.4 Å². The van der Waals surface area contributed by atoms with Gasteiger partial charge in [0.2, 0.25) is 0 Å². The second kappa shape index (κ2) is 24.7.